The Morgan fingerprint density at radius 2 is 2.00 bits per heavy atom. The minimum Gasteiger partial charge on any atom is -0.480 e. The fourth-order valence-corrected chi connectivity index (χ4v) is 1.87. The molecule has 5 nitrogen and oxygen atoms in total. The fraction of sp³-hybridized carbons (Fsp3) is 0.857. The lowest BCUT2D eigenvalue weighted by molar-refractivity contribution is -0.138. The molecule has 6 heteroatoms. The molecule has 0 saturated heterocycles. The predicted molar refractivity (Wildman–Crippen MR) is 50.3 cm³/mol. The van der Waals surface area contributed by atoms with E-state index in [1.807, 2.05) is 0 Å². The quantitative estimate of drug-likeness (QED) is 0.351. The SMILES string of the molecule is C[Si](O)(O)CCCC[C@H](N)C(=O)O. The summed E-state index contributed by atoms with van der Waals surface area (Å²) in [6, 6.07) is -0.454. The van der Waals surface area contributed by atoms with Crippen LogP contribution < -0.4 is 5.73 Å². The van der Waals surface area contributed by atoms with Crippen LogP contribution >= 0.6 is 0 Å². The standard InChI is InChI=1S/C7H17NO4Si/c1-13(11,12)5-3-2-4-6(8)7(9)10/h6,11-12H,2-5,8H2,1H3,(H,9,10)/t6-/m0/s1. The summed E-state index contributed by atoms with van der Waals surface area (Å²) < 4.78 is 0. The summed E-state index contributed by atoms with van der Waals surface area (Å²) in [5, 5.41) is 8.43. The van der Waals surface area contributed by atoms with Gasteiger partial charge in [-0.15, -0.1) is 0 Å². The molecule has 0 unspecified atom stereocenters. The second-order valence-electron chi connectivity index (χ2n) is 3.41. The maximum absolute atomic E-state index is 10.3. The molecular weight excluding hydrogens is 190 g/mol. The second kappa shape index (κ2) is 5.33. The zero-order chi connectivity index (χ0) is 10.5. The van der Waals surface area contributed by atoms with E-state index in [9.17, 15) is 4.79 Å². The van der Waals surface area contributed by atoms with E-state index >= 15 is 0 Å². The first kappa shape index (κ1) is 12.6. The van der Waals surface area contributed by atoms with Crippen LogP contribution in [-0.2, 0) is 4.79 Å². The zero-order valence-corrected chi connectivity index (χ0v) is 8.73. The molecule has 0 bridgehead atoms. The monoisotopic (exact) mass is 207 g/mol. The van der Waals surface area contributed by atoms with Crippen LogP contribution in [0.15, 0.2) is 0 Å². The molecule has 0 aliphatic heterocycles. The molecule has 0 radical (unpaired) electrons. The Kier molecular flexibility index (Phi) is 5.15. The van der Waals surface area contributed by atoms with Gasteiger partial charge in [-0.05, 0) is 19.0 Å². The summed E-state index contributed by atoms with van der Waals surface area (Å²) >= 11 is 0. The molecule has 0 aliphatic carbocycles. The highest BCUT2D eigenvalue weighted by molar-refractivity contribution is 6.63. The maximum atomic E-state index is 10.3. The van der Waals surface area contributed by atoms with Crippen molar-refractivity contribution < 1.29 is 19.5 Å². The molecular formula is C7H17NO4Si. The number of hydrogen-bond acceptors (Lipinski definition) is 4. The van der Waals surface area contributed by atoms with Crippen LogP contribution in [0.25, 0.3) is 0 Å². The van der Waals surface area contributed by atoms with Gasteiger partial charge in [-0.1, -0.05) is 12.8 Å². The summed E-state index contributed by atoms with van der Waals surface area (Å²) in [7, 11) is -2.94. The zero-order valence-electron chi connectivity index (χ0n) is 7.73. The maximum Gasteiger partial charge on any atom is 0.329 e. The van der Waals surface area contributed by atoms with Gasteiger partial charge in [0.2, 0.25) is 0 Å². The van der Waals surface area contributed by atoms with Gasteiger partial charge in [-0.3, -0.25) is 4.79 Å². The Balaban J connectivity index is 3.41. The van der Waals surface area contributed by atoms with Crippen molar-refractivity contribution in [2.75, 3.05) is 0 Å². The van der Waals surface area contributed by atoms with Crippen LogP contribution in [-0.4, -0.2) is 35.3 Å². The minimum atomic E-state index is -2.94. The van der Waals surface area contributed by atoms with Crippen LogP contribution in [0, 0.1) is 0 Å². The highest BCUT2D eigenvalue weighted by atomic mass is 28.4. The van der Waals surface area contributed by atoms with E-state index < -0.39 is 20.6 Å². The number of unbranched alkanes of at least 4 members (excludes halogenated alkanes) is 1. The molecule has 1 atom stereocenters. The second-order valence-corrected chi connectivity index (χ2v) is 6.34. The van der Waals surface area contributed by atoms with E-state index in [0.29, 0.717) is 25.3 Å². The number of aliphatic carboxylic acids is 1. The summed E-state index contributed by atoms with van der Waals surface area (Å²) in [4.78, 5) is 28.4. The Labute approximate surface area is 78.4 Å². The van der Waals surface area contributed by atoms with Crippen molar-refractivity contribution in [3.63, 3.8) is 0 Å². The number of nitrogens with two attached hydrogens (primary N) is 1. The Bertz CT molecular complexity index is 168. The lowest BCUT2D eigenvalue weighted by Crippen LogP contribution is -2.31. The third-order valence-corrected chi connectivity index (χ3v) is 3.03. The predicted octanol–water partition coefficient (Wildman–Crippen LogP) is -0.375. The first-order valence-corrected chi connectivity index (χ1v) is 6.86. The van der Waals surface area contributed by atoms with Gasteiger partial charge < -0.3 is 20.4 Å². The summed E-state index contributed by atoms with van der Waals surface area (Å²) in [6.45, 7) is 1.43. The Hall–Kier alpha value is -0.433. The average molecular weight is 207 g/mol. The molecule has 78 valence electrons. The van der Waals surface area contributed by atoms with E-state index in [1.165, 1.54) is 6.55 Å². The van der Waals surface area contributed by atoms with Crippen LogP contribution in [0.1, 0.15) is 19.3 Å². The Morgan fingerprint density at radius 3 is 2.38 bits per heavy atom. The van der Waals surface area contributed by atoms with Crippen molar-refractivity contribution in [1.82, 2.24) is 0 Å². The van der Waals surface area contributed by atoms with Gasteiger partial charge >= 0.3 is 14.5 Å². The lowest BCUT2D eigenvalue weighted by Gasteiger charge is -2.11. The van der Waals surface area contributed by atoms with Gasteiger partial charge in [0, 0.05) is 0 Å². The molecule has 0 saturated carbocycles. The number of carboxylic acids is 1. The highest BCUT2D eigenvalue weighted by Crippen LogP contribution is 2.09. The van der Waals surface area contributed by atoms with E-state index in [4.69, 9.17) is 20.4 Å². The van der Waals surface area contributed by atoms with E-state index in [2.05, 4.69) is 0 Å². The Morgan fingerprint density at radius 1 is 1.46 bits per heavy atom. The topological polar surface area (TPSA) is 104 Å². The summed E-state index contributed by atoms with van der Waals surface area (Å²) in [5.41, 5.74) is 5.25. The smallest absolute Gasteiger partial charge is 0.329 e. The average Bonchev–Trinajstić information content (AvgIpc) is 1.95. The van der Waals surface area contributed by atoms with Crippen LogP contribution in [0.3, 0.4) is 0 Å². The summed E-state index contributed by atoms with van der Waals surface area (Å²) in [6.07, 6.45) is 1.63. The van der Waals surface area contributed by atoms with E-state index in [-0.39, 0.29) is 0 Å². The largest absolute Gasteiger partial charge is 0.480 e. The molecule has 0 fully saturated rings. The number of hydrogen-bond donors (Lipinski definition) is 4. The van der Waals surface area contributed by atoms with Crippen molar-refractivity contribution in [2.45, 2.75) is 37.9 Å². The number of carboxylic acid groups (broad SMARTS) is 1. The van der Waals surface area contributed by atoms with Crippen LogP contribution in [0.4, 0.5) is 0 Å². The summed E-state index contributed by atoms with van der Waals surface area (Å²) in [5.74, 6) is -1.01. The number of carbonyl (C=O) groups is 1. The van der Waals surface area contributed by atoms with Crippen molar-refractivity contribution in [3.05, 3.63) is 0 Å². The molecule has 0 aromatic heterocycles. The molecule has 0 aromatic rings. The van der Waals surface area contributed by atoms with Crippen LogP contribution in [0.2, 0.25) is 12.6 Å². The molecule has 0 aromatic carbocycles. The first-order valence-electron chi connectivity index (χ1n) is 4.26. The van der Waals surface area contributed by atoms with E-state index in [0.717, 1.165) is 0 Å². The van der Waals surface area contributed by atoms with Crippen molar-refractivity contribution in [3.8, 4) is 0 Å². The van der Waals surface area contributed by atoms with Crippen molar-refractivity contribution >= 4 is 14.5 Å². The van der Waals surface area contributed by atoms with Gasteiger partial charge in [-0.25, -0.2) is 0 Å². The lowest BCUT2D eigenvalue weighted by atomic mass is 10.1. The minimum absolute atomic E-state index is 0.374. The van der Waals surface area contributed by atoms with Gasteiger partial charge in [0.05, 0.1) is 0 Å². The first-order chi connectivity index (χ1) is 5.83. The highest BCUT2D eigenvalue weighted by Gasteiger charge is 2.20. The molecule has 0 aliphatic rings. The molecule has 0 amide bonds. The molecule has 5 N–H and O–H groups in total. The van der Waals surface area contributed by atoms with Gasteiger partial charge in [-0.2, -0.15) is 0 Å². The third-order valence-electron chi connectivity index (χ3n) is 1.73. The van der Waals surface area contributed by atoms with Crippen LogP contribution in [0.5, 0.6) is 0 Å². The third kappa shape index (κ3) is 7.91. The van der Waals surface area contributed by atoms with Crippen molar-refractivity contribution in [2.24, 2.45) is 5.73 Å². The molecule has 0 rings (SSSR count). The van der Waals surface area contributed by atoms with Crippen molar-refractivity contribution in [1.29, 1.82) is 0 Å². The van der Waals surface area contributed by atoms with E-state index in [1.54, 1.807) is 0 Å². The molecule has 0 heterocycles. The van der Waals surface area contributed by atoms with Gasteiger partial charge in [0.15, 0.2) is 0 Å². The van der Waals surface area contributed by atoms with Gasteiger partial charge in [0.1, 0.15) is 6.04 Å². The molecule has 0 spiro atoms. The van der Waals surface area contributed by atoms with Gasteiger partial charge in [0.25, 0.3) is 0 Å². The molecule has 13 heavy (non-hydrogen) atoms. The number of rotatable bonds is 6. The fourth-order valence-electron chi connectivity index (χ4n) is 0.948. The normalized spacial score (nSPS) is 14.2.